The number of benzene rings is 1. The molecule has 0 radical (unpaired) electrons. The van der Waals surface area contributed by atoms with Crippen LogP contribution in [0.3, 0.4) is 0 Å². The molecule has 0 saturated carbocycles. The van der Waals surface area contributed by atoms with E-state index >= 15 is 0 Å². The van der Waals surface area contributed by atoms with Gasteiger partial charge in [0.15, 0.2) is 0 Å². The first-order valence-corrected chi connectivity index (χ1v) is 7.03. The van der Waals surface area contributed by atoms with Gasteiger partial charge >= 0.3 is 0 Å². The Morgan fingerprint density at radius 2 is 1.45 bits per heavy atom. The molecule has 1 saturated heterocycles. The minimum atomic E-state index is -0.528. The minimum absolute atomic E-state index is 0.0828. The Hall–Kier alpha value is -1.84. The Morgan fingerprint density at radius 3 is 1.95 bits per heavy atom. The van der Waals surface area contributed by atoms with Crippen molar-refractivity contribution in [1.29, 1.82) is 0 Å². The third-order valence-electron chi connectivity index (χ3n) is 4.04. The Balaban J connectivity index is 2.07. The number of carbonyl (C=O) groups excluding carboxylic acids is 2. The summed E-state index contributed by atoms with van der Waals surface area (Å²) < 4.78 is 0. The highest BCUT2D eigenvalue weighted by Gasteiger charge is 2.35. The van der Waals surface area contributed by atoms with Gasteiger partial charge in [0.1, 0.15) is 0 Å². The van der Waals surface area contributed by atoms with E-state index in [9.17, 15) is 9.59 Å². The summed E-state index contributed by atoms with van der Waals surface area (Å²) in [6.45, 7) is 8.00. The van der Waals surface area contributed by atoms with Gasteiger partial charge in [0, 0.05) is 33.1 Å². The van der Waals surface area contributed by atoms with Crippen molar-refractivity contribution >= 4 is 11.8 Å². The van der Waals surface area contributed by atoms with Gasteiger partial charge in [-0.15, -0.1) is 0 Å². The molecule has 20 heavy (non-hydrogen) atoms. The number of hydrogen-bond donors (Lipinski definition) is 0. The van der Waals surface area contributed by atoms with Crippen molar-refractivity contribution in [2.24, 2.45) is 0 Å². The highest BCUT2D eigenvalue weighted by Crippen LogP contribution is 2.26. The van der Waals surface area contributed by atoms with Gasteiger partial charge in [0.25, 0.3) is 0 Å². The summed E-state index contributed by atoms with van der Waals surface area (Å²) in [5.74, 6) is 0.214. The maximum absolute atomic E-state index is 12.7. The third-order valence-corrected chi connectivity index (χ3v) is 4.04. The predicted octanol–water partition coefficient (Wildman–Crippen LogP) is 1.65. The van der Waals surface area contributed by atoms with Crippen molar-refractivity contribution in [1.82, 2.24) is 9.80 Å². The summed E-state index contributed by atoms with van der Waals surface area (Å²) in [5, 5.41) is 0. The second-order valence-electron chi connectivity index (χ2n) is 5.79. The summed E-state index contributed by atoms with van der Waals surface area (Å²) in [7, 11) is 0. The molecule has 1 aromatic rings. The Bertz CT molecular complexity index is 488. The Morgan fingerprint density at radius 1 is 0.950 bits per heavy atom. The molecule has 0 aliphatic carbocycles. The van der Waals surface area contributed by atoms with Gasteiger partial charge in [-0.3, -0.25) is 9.59 Å². The van der Waals surface area contributed by atoms with Crippen molar-refractivity contribution < 1.29 is 9.59 Å². The van der Waals surface area contributed by atoms with Gasteiger partial charge in [0.2, 0.25) is 11.8 Å². The molecule has 0 spiro atoms. The molecule has 108 valence electrons. The number of rotatable bonds is 2. The SMILES string of the molecule is CC(=O)N1CCN(C(=O)C(C)(C)c2ccccc2)CC1. The molecule has 0 atom stereocenters. The summed E-state index contributed by atoms with van der Waals surface area (Å²) in [4.78, 5) is 27.7. The van der Waals surface area contributed by atoms with Crippen LogP contribution in [0.5, 0.6) is 0 Å². The van der Waals surface area contributed by atoms with E-state index in [-0.39, 0.29) is 11.8 Å². The van der Waals surface area contributed by atoms with E-state index in [1.165, 1.54) is 0 Å². The van der Waals surface area contributed by atoms with Crippen LogP contribution in [-0.2, 0) is 15.0 Å². The molecule has 0 unspecified atom stereocenters. The molecule has 1 aromatic carbocycles. The van der Waals surface area contributed by atoms with Gasteiger partial charge in [0.05, 0.1) is 5.41 Å². The van der Waals surface area contributed by atoms with Crippen LogP contribution < -0.4 is 0 Å². The van der Waals surface area contributed by atoms with Crippen molar-refractivity contribution in [3.05, 3.63) is 35.9 Å². The van der Waals surface area contributed by atoms with Crippen LogP contribution >= 0.6 is 0 Å². The molecular formula is C16H22N2O2. The van der Waals surface area contributed by atoms with Crippen molar-refractivity contribution in [2.45, 2.75) is 26.2 Å². The maximum atomic E-state index is 12.7. The van der Waals surface area contributed by atoms with E-state index in [4.69, 9.17) is 0 Å². The molecule has 2 rings (SSSR count). The maximum Gasteiger partial charge on any atom is 0.232 e. The van der Waals surface area contributed by atoms with Crippen molar-refractivity contribution in [2.75, 3.05) is 26.2 Å². The molecule has 0 N–H and O–H groups in total. The van der Waals surface area contributed by atoms with Gasteiger partial charge in [-0.2, -0.15) is 0 Å². The van der Waals surface area contributed by atoms with Crippen molar-refractivity contribution in [3.8, 4) is 0 Å². The molecule has 1 fully saturated rings. The molecule has 4 heteroatoms. The molecule has 0 aromatic heterocycles. The zero-order valence-electron chi connectivity index (χ0n) is 12.4. The van der Waals surface area contributed by atoms with Crippen LogP contribution in [0.25, 0.3) is 0 Å². The lowest BCUT2D eigenvalue weighted by Gasteiger charge is -2.38. The van der Waals surface area contributed by atoms with Gasteiger partial charge in [-0.05, 0) is 19.4 Å². The summed E-state index contributed by atoms with van der Waals surface area (Å²) in [6.07, 6.45) is 0. The average Bonchev–Trinajstić information content (AvgIpc) is 2.47. The Labute approximate surface area is 120 Å². The fourth-order valence-electron chi connectivity index (χ4n) is 2.60. The van der Waals surface area contributed by atoms with Crippen LogP contribution in [-0.4, -0.2) is 47.8 Å². The van der Waals surface area contributed by atoms with Gasteiger partial charge in [-0.1, -0.05) is 30.3 Å². The van der Waals surface area contributed by atoms with E-state index in [2.05, 4.69) is 0 Å². The molecule has 2 amide bonds. The van der Waals surface area contributed by atoms with E-state index in [1.54, 1.807) is 11.8 Å². The van der Waals surface area contributed by atoms with Crippen LogP contribution in [0.15, 0.2) is 30.3 Å². The van der Waals surface area contributed by atoms with E-state index in [0.29, 0.717) is 26.2 Å². The van der Waals surface area contributed by atoms with Gasteiger partial charge < -0.3 is 9.80 Å². The molecule has 1 aliphatic rings. The molecular weight excluding hydrogens is 252 g/mol. The molecule has 0 bridgehead atoms. The molecule has 4 nitrogen and oxygen atoms in total. The highest BCUT2D eigenvalue weighted by atomic mass is 16.2. The first-order valence-electron chi connectivity index (χ1n) is 7.03. The predicted molar refractivity (Wildman–Crippen MR) is 78.3 cm³/mol. The van der Waals surface area contributed by atoms with Crippen LogP contribution in [0.2, 0.25) is 0 Å². The number of nitrogens with zero attached hydrogens (tertiary/aromatic N) is 2. The zero-order chi connectivity index (χ0) is 14.8. The smallest absolute Gasteiger partial charge is 0.232 e. The van der Waals surface area contributed by atoms with E-state index < -0.39 is 5.41 Å². The summed E-state index contributed by atoms with van der Waals surface area (Å²) >= 11 is 0. The Kier molecular flexibility index (Phi) is 4.12. The fraction of sp³-hybridized carbons (Fsp3) is 0.500. The third kappa shape index (κ3) is 2.84. The van der Waals surface area contributed by atoms with Crippen LogP contribution in [0, 0.1) is 0 Å². The number of amides is 2. The van der Waals surface area contributed by atoms with Gasteiger partial charge in [-0.25, -0.2) is 0 Å². The zero-order valence-corrected chi connectivity index (χ0v) is 12.4. The lowest BCUT2D eigenvalue weighted by Crippen LogP contribution is -2.54. The van der Waals surface area contributed by atoms with E-state index in [0.717, 1.165) is 5.56 Å². The average molecular weight is 274 g/mol. The lowest BCUT2D eigenvalue weighted by atomic mass is 9.83. The molecule has 1 aliphatic heterocycles. The number of piperazine rings is 1. The van der Waals surface area contributed by atoms with E-state index in [1.807, 2.05) is 49.1 Å². The number of hydrogen-bond acceptors (Lipinski definition) is 2. The quantitative estimate of drug-likeness (QED) is 0.823. The fourth-order valence-corrected chi connectivity index (χ4v) is 2.60. The first-order chi connectivity index (χ1) is 9.43. The first kappa shape index (κ1) is 14.6. The summed E-state index contributed by atoms with van der Waals surface area (Å²) in [6, 6.07) is 9.85. The molecule has 1 heterocycles. The highest BCUT2D eigenvalue weighted by molar-refractivity contribution is 5.87. The normalized spacial score (nSPS) is 16.1. The largest absolute Gasteiger partial charge is 0.339 e. The summed E-state index contributed by atoms with van der Waals surface area (Å²) in [5.41, 5.74) is 0.499. The topological polar surface area (TPSA) is 40.6 Å². The second-order valence-corrected chi connectivity index (χ2v) is 5.79. The van der Waals surface area contributed by atoms with Crippen LogP contribution in [0.4, 0.5) is 0 Å². The minimum Gasteiger partial charge on any atom is -0.339 e. The van der Waals surface area contributed by atoms with Crippen LogP contribution in [0.1, 0.15) is 26.3 Å². The number of carbonyl (C=O) groups is 2. The van der Waals surface area contributed by atoms with Crippen molar-refractivity contribution in [3.63, 3.8) is 0 Å². The lowest BCUT2D eigenvalue weighted by molar-refractivity contribution is -0.141. The standard InChI is InChI=1S/C16H22N2O2/c1-13(19)17-9-11-18(12-10-17)15(20)16(2,3)14-7-5-4-6-8-14/h4-8H,9-12H2,1-3H3. The monoisotopic (exact) mass is 274 g/mol. The second kappa shape index (κ2) is 5.65.